The number of nitrogens with zero attached hydrogens (tertiary/aromatic N) is 3. The summed E-state index contributed by atoms with van der Waals surface area (Å²) in [5.74, 6) is 0. The molecule has 0 aromatic heterocycles. The minimum absolute atomic E-state index is 0.593. The predicted octanol–water partition coefficient (Wildman–Crippen LogP) is 8.00. The summed E-state index contributed by atoms with van der Waals surface area (Å²) in [5, 5.41) is 1.81. The van der Waals surface area contributed by atoms with Crippen LogP contribution in [-0.4, -0.2) is 55.7 Å². The van der Waals surface area contributed by atoms with Gasteiger partial charge in [0.2, 0.25) is 7.89 Å². The van der Waals surface area contributed by atoms with E-state index in [9.17, 15) is 0 Å². The van der Waals surface area contributed by atoms with Gasteiger partial charge in [0, 0.05) is 36.3 Å². The molecule has 1 atom stereocenters. The van der Waals surface area contributed by atoms with Crippen molar-refractivity contribution in [3.63, 3.8) is 0 Å². The second-order valence-corrected chi connectivity index (χ2v) is 16.8. The minimum Gasteiger partial charge on any atom is -0.230 e. The molecular formula is C25H50N3P2+. The Hall–Kier alpha value is 0.480. The Morgan fingerprint density at radius 1 is 0.633 bits per heavy atom. The lowest BCUT2D eigenvalue weighted by Crippen LogP contribution is -2.51. The summed E-state index contributed by atoms with van der Waals surface area (Å²) in [7, 11) is 0.229. The van der Waals surface area contributed by atoms with Crippen LogP contribution >= 0.6 is 15.1 Å². The molecule has 5 heteroatoms. The van der Waals surface area contributed by atoms with Crippen molar-refractivity contribution in [2.24, 2.45) is 0 Å². The van der Waals surface area contributed by atoms with Crippen molar-refractivity contribution in [3.05, 3.63) is 0 Å². The van der Waals surface area contributed by atoms with Gasteiger partial charge in [-0.15, -0.1) is 9.34 Å². The van der Waals surface area contributed by atoms with Crippen LogP contribution in [-0.2, 0) is 0 Å². The lowest BCUT2D eigenvalue weighted by Gasteiger charge is -2.46. The van der Waals surface area contributed by atoms with E-state index in [-0.39, 0.29) is 0 Å². The van der Waals surface area contributed by atoms with Crippen molar-refractivity contribution < 1.29 is 0 Å². The maximum Gasteiger partial charge on any atom is 0.262 e. The van der Waals surface area contributed by atoms with E-state index in [4.69, 9.17) is 0 Å². The smallest absolute Gasteiger partial charge is 0.230 e. The fraction of sp³-hybridized carbons (Fsp3) is 0.960. The van der Waals surface area contributed by atoms with Gasteiger partial charge in [-0.25, -0.2) is 4.90 Å². The van der Waals surface area contributed by atoms with Crippen LogP contribution in [0.15, 0.2) is 0 Å². The van der Waals surface area contributed by atoms with E-state index in [1.165, 1.54) is 64.2 Å². The van der Waals surface area contributed by atoms with Gasteiger partial charge in [-0.3, -0.25) is 0 Å². The summed E-state index contributed by atoms with van der Waals surface area (Å²) < 4.78 is 6.24. The average Bonchev–Trinajstić information content (AvgIpc) is 3.36. The van der Waals surface area contributed by atoms with Crippen LogP contribution in [0.25, 0.3) is 0 Å². The Morgan fingerprint density at radius 3 is 1.37 bits per heavy atom. The van der Waals surface area contributed by atoms with Gasteiger partial charge in [0.05, 0.1) is 0 Å². The molecule has 0 saturated heterocycles. The van der Waals surface area contributed by atoms with Gasteiger partial charge in [-0.05, 0) is 81.1 Å². The predicted molar refractivity (Wildman–Crippen MR) is 139 cm³/mol. The lowest BCUT2D eigenvalue weighted by atomic mass is 9.91. The zero-order chi connectivity index (χ0) is 22.1. The van der Waals surface area contributed by atoms with Crippen LogP contribution in [0, 0.1) is 0 Å². The molecule has 0 aromatic rings. The highest BCUT2D eigenvalue weighted by molar-refractivity contribution is 8.53. The molecule has 3 rings (SSSR count). The SMILES string of the molecule is CC(C)N(C1=P[P+]1(N(C(C)C)C(C)C)N(C1CCCCC1)C1CCCCC1)C(C)C. The van der Waals surface area contributed by atoms with Crippen molar-refractivity contribution in [1.29, 1.82) is 0 Å². The molecule has 0 aromatic carbocycles. The van der Waals surface area contributed by atoms with Crippen molar-refractivity contribution in [1.82, 2.24) is 14.2 Å². The van der Waals surface area contributed by atoms with Crippen molar-refractivity contribution in [2.45, 2.75) is 156 Å². The third-order valence-corrected chi connectivity index (χ3v) is 15.1. The third-order valence-electron chi connectivity index (χ3n) is 7.40. The Kier molecular flexibility index (Phi) is 8.88. The normalized spacial score (nSPS) is 27.4. The largest absolute Gasteiger partial charge is 0.262 e. The molecule has 0 amide bonds. The maximum atomic E-state index is 3.24. The molecule has 3 aliphatic rings. The Balaban J connectivity index is 2.06. The number of rotatable bonds is 9. The van der Waals surface area contributed by atoms with Crippen molar-refractivity contribution in [3.8, 4) is 0 Å². The molecule has 1 aliphatic heterocycles. The molecule has 2 aliphatic carbocycles. The molecule has 2 saturated carbocycles. The van der Waals surface area contributed by atoms with Crippen LogP contribution < -0.4 is 0 Å². The first-order valence-electron chi connectivity index (χ1n) is 13.1. The molecule has 0 spiro atoms. The molecule has 2 fully saturated rings. The third kappa shape index (κ3) is 5.02. The topological polar surface area (TPSA) is 9.72 Å². The van der Waals surface area contributed by atoms with E-state index in [2.05, 4.69) is 69.6 Å². The first-order chi connectivity index (χ1) is 14.2. The first-order valence-corrected chi connectivity index (χ1v) is 16.4. The Bertz CT molecular complexity index is 543. The van der Waals surface area contributed by atoms with Gasteiger partial charge in [-0.1, -0.05) is 38.5 Å². The van der Waals surface area contributed by atoms with Crippen molar-refractivity contribution in [2.75, 3.05) is 0 Å². The van der Waals surface area contributed by atoms with E-state index in [1.54, 1.807) is 7.89 Å². The van der Waals surface area contributed by atoms with Gasteiger partial charge in [0.1, 0.15) is 0 Å². The summed E-state index contributed by atoms with van der Waals surface area (Å²) in [6.07, 6.45) is 14.5. The maximum absolute atomic E-state index is 3.24. The molecule has 30 heavy (non-hydrogen) atoms. The summed E-state index contributed by atoms with van der Waals surface area (Å²) in [5.41, 5.74) is 0. The summed E-state index contributed by atoms with van der Waals surface area (Å²) in [6, 6.07) is 4.05. The molecule has 0 radical (unpaired) electrons. The number of hydrogen-bond acceptors (Lipinski definition) is 3. The van der Waals surface area contributed by atoms with Gasteiger partial charge in [-0.2, -0.15) is 0 Å². The monoisotopic (exact) mass is 454 g/mol. The molecule has 1 unspecified atom stereocenters. The van der Waals surface area contributed by atoms with Gasteiger partial charge in [0.25, 0.3) is 12.4 Å². The van der Waals surface area contributed by atoms with Crippen LogP contribution in [0.3, 0.4) is 0 Å². The summed E-state index contributed by atoms with van der Waals surface area (Å²) >= 11 is 0. The Morgan fingerprint density at radius 2 is 1.03 bits per heavy atom. The Labute approximate surface area is 190 Å². The van der Waals surface area contributed by atoms with Crippen LogP contribution in [0.5, 0.6) is 0 Å². The second-order valence-electron chi connectivity index (χ2n) is 11.1. The van der Waals surface area contributed by atoms with Gasteiger partial charge < -0.3 is 0 Å². The van der Waals surface area contributed by atoms with E-state index in [0.29, 0.717) is 24.2 Å². The highest BCUT2D eigenvalue weighted by Gasteiger charge is 2.73. The standard InChI is InChI=1S/C25H50N3P2/c1-19(2)26(20(3)4)25-29-30(25,27(21(5)6)22(7)8)28(23-15-11-9-12-16-23)24-17-13-10-14-18-24/h19-24H,9-18H2,1-8H3/q+1. The van der Waals surface area contributed by atoms with Crippen molar-refractivity contribution >= 4 is 20.3 Å². The minimum atomic E-state index is -1.45. The molecule has 0 bridgehead atoms. The zero-order valence-corrected chi connectivity index (χ0v) is 23.1. The summed E-state index contributed by atoms with van der Waals surface area (Å²) in [6.45, 7) is 19.5. The molecule has 174 valence electrons. The highest BCUT2D eigenvalue weighted by Crippen LogP contribution is 2.92. The fourth-order valence-corrected chi connectivity index (χ4v) is 16.9. The molecule has 1 heterocycles. The quantitative estimate of drug-likeness (QED) is 0.327. The average molecular weight is 455 g/mol. The van der Waals surface area contributed by atoms with E-state index in [1.807, 2.05) is 5.16 Å². The van der Waals surface area contributed by atoms with Gasteiger partial charge in [0.15, 0.2) is 0 Å². The zero-order valence-electron chi connectivity index (χ0n) is 21.3. The molecule has 0 N–H and O–H groups in total. The highest BCUT2D eigenvalue weighted by atomic mass is 32.1. The number of hydrogen-bond donors (Lipinski definition) is 0. The van der Waals surface area contributed by atoms with Gasteiger partial charge >= 0.3 is 0 Å². The van der Waals surface area contributed by atoms with E-state index < -0.39 is 7.25 Å². The van der Waals surface area contributed by atoms with Crippen LogP contribution in [0.2, 0.25) is 0 Å². The lowest BCUT2D eigenvalue weighted by molar-refractivity contribution is 0.160. The van der Waals surface area contributed by atoms with Crippen LogP contribution in [0.1, 0.15) is 120 Å². The van der Waals surface area contributed by atoms with E-state index in [0.717, 1.165) is 12.1 Å². The second kappa shape index (κ2) is 10.6. The fourth-order valence-electron chi connectivity index (χ4n) is 6.48. The van der Waals surface area contributed by atoms with E-state index >= 15 is 0 Å². The molecule has 3 nitrogen and oxygen atoms in total. The van der Waals surface area contributed by atoms with Crippen LogP contribution in [0.4, 0.5) is 0 Å². The molecular weight excluding hydrogens is 404 g/mol. The first kappa shape index (κ1) is 25.1. The summed E-state index contributed by atoms with van der Waals surface area (Å²) in [4.78, 5) is 2.81.